The van der Waals surface area contributed by atoms with Gasteiger partial charge in [0, 0.05) is 31.9 Å². The summed E-state index contributed by atoms with van der Waals surface area (Å²) in [6, 6.07) is 24.2. The van der Waals surface area contributed by atoms with Crippen molar-refractivity contribution >= 4 is 17.4 Å². The number of urea groups is 1. The second-order valence-electron chi connectivity index (χ2n) is 13.0. The summed E-state index contributed by atoms with van der Waals surface area (Å²) in [6.45, 7) is 8.78. The smallest absolute Gasteiger partial charge is 0.320 e. The normalized spacial score (nSPS) is 13.8. The molecular weight excluding hydrogens is 866 g/mol. The second kappa shape index (κ2) is 18.7. The van der Waals surface area contributed by atoms with Crippen molar-refractivity contribution in [3.8, 4) is 22.8 Å². The van der Waals surface area contributed by atoms with Crippen LogP contribution >= 0.6 is 0 Å². The van der Waals surface area contributed by atoms with Crippen molar-refractivity contribution in [1.82, 2.24) is 49.9 Å². The Hall–Kier alpha value is -5.01. The Morgan fingerprint density at radius 3 is 2.43 bits per heavy atom. The van der Waals surface area contributed by atoms with Crippen LogP contribution in [0.25, 0.3) is 22.8 Å². The minimum atomic E-state index is -0.235. The number of hydrogen-bond acceptors (Lipinski definition) is 10. The van der Waals surface area contributed by atoms with Crippen molar-refractivity contribution in [2.24, 2.45) is 7.05 Å². The Balaban J connectivity index is 0.000000163. The third-order valence-corrected chi connectivity index (χ3v) is 9.44. The fourth-order valence-electron chi connectivity index (χ4n) is 5.68. The van der Waals surface area contributed by atoms with E-state index in [0.717, 1.165) is 35.1 Å². The summed E-state index contributed by atoms with van der Waals surface area (Å²) in [7, 11) is 7.78. The molecular formula is C38H47AtN12O2. The molecule has 0 saturated carbocycles. The fraction of sp³-hybridized carbons (Fsp3) is 0.342. The minimum absolute atomic E-state index is 0.235. The molecule has 3 aromatic heterocycles. The maximum atomic E-state index is 12.3. The number of carbonyl (C=O) groups excluding carboxylic acids is 1. The monoisotopic (exact) mass is 913 g/mol. The number of rotatable bonds is 8. The molecule has 1 atom stereocenters. The van der Waals surface area contributed by atoms with Gasteiger partial charge in [-0.05, 0) is 50.6 Å². The van der Waals surface area contributed by atoms with Crippen LogP contribution in [0.1, 0.15) is 47.9 Å². The van der Waals surface area contributed by atoms with E-state index in [9.17, 15) is 4.79 Å². The zero-order chi connectivity index (χ0) is 37.9. The molecule has 14 nitrogen and oxygen atoms in total. The molecule has 15 heteroatoms. The van der Waals surface area contributed by atoms with E-state index in [1.54, 1.807) is 43.0 Å². The van der Waals surface area contributed by atoms with Crippen molar-refractivity contribution < 1.29 is 34.3 Å². The van der Waals surface area contributed by atoms with E-state index in [1.165, 1.54) is 41.2 Å². The van der Waals surface area contributed by atoms with E-state index in [1.807, 2.05) is 58.3 Å². The predicted molar refractivity (Wildman–Crippen MR) is 202 cm³/mol. The first-order valence-corrected chi connectivity index (χ1v) is 18.7. The van der Waals surface area contributed by atoms with Gasteiger partial charge in [-0.15, -0.1) is 10.2 Å². The third kappa shape index (κ3) is 11.0. The first-order valence-electron chi connectivity index (χ1n) is 17.4. The van der Waals surface area contributed by atoms with E-state index in [2.05, 4.69) is 105 Å². The number of aromatic amines is 1. The molecule has 1 saturated heterocycles. The molecule has 1 fully saturated rings. The number of benzene rings is 3. The molecule has 1 unspecified atom stereocenters. The predicted octanol–water partition coefficient (Wildman–Crippen LogP) is 6.19. The van der Waals surface area contributed by atoms with Crippen LogP contribution in [0.3, 0.4) is 0 Å². The van der Waals surface area contributed by atoms with Gasteiger partial charge in [0.2, 0.25) is 0 Å². The third-order valence-electron chi connectivity index (χ3n) is 8.73. The molecule has 7 rings (SSSR count). The number of hydrogen-bond donors (Lipinski definition) is 2. The molecule has 1 aliphatic heterocycles. The van der Waals surface area contributed by atoms with Gasteiger partial charge < -0.3 is 19.7 Å². The van der Waals surface area contributed by atoms with Gasteiger partial charge >= 0.3 is 123 Å². The average molecular weight is 914 g/mol. The number of nitrogens with zero attached hydrogens (tertiary/aromatic N) is 10. The summed E-state index contributed by atoms with van der Waals surface area (Å²) >= 11 is 1.61. The molecule has 53 heavy (non-hydrogen) atoms. The summed E-state index contributed by atoms with van der Waals surface area (Å²) in [6.07, 6.45) is 3.71. The van der Waals surface area contributed by atoms with Gasteiger partial charge in [-0.25, -0.2) is 9.78 Å². The minimum Gasteiger partial charge on any atom is -0.320 e. The van der Waals surface area contributed by atoms with Gasteiger partial charge in [0.1, 0.15) is 12.2 Å². The number of carbonyl (C=O) groups is 1. The van der Waals surface area contributed by atoms with Crippen LogP contribution in [-0.4, -0.2) is 90.1 Å². The van der Waals surface area contributed by atoms with Crippen molar-refractivity contribution in [3.05, 3.63) is 108 Å². The molecule has 0 spiro atoms. The molecule has 0 radical (unpaired) electrons. The van der Waals surface area contributed by atoms with E-state index >= 15 is 0 Å². The van der Waals surface area contributed by atoms with E-state index in [4.69, 9.17) is 4.52 Å². The summed E-state index contributed by atoms with van der Waals surface area (Å²) < 4.78 is 9.15. The molecule has 0 aliphatic carbocycles. The van der Waals surface area contributed by atoms with Crippen LogP contribution in [0.2, 0.25) is 0 Å². The first kappa shape index (κ1) is 39.2. The molecule has 2 amide bonds. The Morgan fingerprint density at radius 2 is 1.81 bits per heavy atom. The fourth-order valence-corrected chi connectivity index (χ4v) is 6.39. The zero-order valence-electron chi connectivity index (χ0n) is 31.3. The Morgan fingerprint density at radius 1 is 1.02 bits per heavy atom. The van der Waals surface area contributed by atoms with Gasteiger partial charge in [0.15, 0.2) is 11.6 Å². The van der Waals surface area contributed by atoms with Crippen LogP contribution in [0, 0.1) is 38.9 Å². The van der Waals surface area contributed by atoms with Gasteiger partial charge in [0.05, 0.1) is 6.54 Å². The van der Waals surface area contributed by atoms with Crippen molar-refractivity contribution in [3.63, 3.8) is 0 Å². The summed E-state index contributed by atoms with van der Waals surface area (Å²) in [5, 5.41) is 21.5. The number of likely N-dealkylation sites (tertiary alicyclic amines) is 1. The molecule has 3 aromatic carbocycles. The van der Waals surface area contributed by atoms with Crippen LogP contribution in [0.4, 0.5) is 16.2 Å². The molecule has 0 bridgehead atoms. The number of likely N-dealkylation sites (N-methyl/N-ethyl adjacent to an activating group) is 1. The zero-order valence-corrected chi connectivity index (χ0v) is 34.2. The number of nitrogens with one attached hydrogen (secondary N) is 2. The number of aryl methyl sites for hydroxylation is 4. The molecule has 4 heterocycles. The first-order chi connectivity index (χ1) is 25.5. The van der Waals surface area contributed by atoms with Crippen molar-refractivity contribution in [2.45, 2.75) is 46.1 Å². The molecule has 1 aliphatic rings. The molecule has 6 aromatic rings. The average Bonchev–Trinajstić information content (AvgIpc) is 3.99. The quantitative estimate of drug-likeness (QED) is 0.181. The van der Waals surface area contributed by atoms with E-state index in [0.29, 0.717) is 29.8 Å². The van der Waals surface area contributed by atoms with Crippen LogP contribution in [0.5, 0.6) is 0 Å². The van der Waals surface area contributed by atoms with Gasteiger partial charge in [-0.1, -0.05) is 42.5 Å². The van der Waals surface area contributed by atoms with Crippen molar-refractivity contribution in [1.29, 1.82) is 0 Å². The largest absolute Gasteiger partial charge is 0.321 e. The topological polar surface area (TPSA) is 150 Å². The number of H-pyrrole nitrogens is 1. The summed E-state index contributed by atoms with van der Waals surface area (Å²) in [4.78, 5) is 24.9. The van der Waals surface area contributed by atoms with Gasteiger partial charge in [-0.3, -0.25) is 5.10 Å². The molecule has 2 N–H and O–H groups in total. The number of aromatic nitrogens is 8. The number of anilines is 2. The summed E-state index contributed by atoms with van der Waals surface area (Å²) in [5.41, 5.74) is 6.41. The van der Waals surface area contributed by atoms with Crippen LogP contribution in [0.15, 0.2) is 83.6 Å². The van der Waals surface area contributed by atoms with Gasteiger partial charge in [0.25, 0.3) is 0 Å². The maximum Gasteiger partial charge on any atom is 0.321 e. The Kier molecular flexibility index (Phi) is 13.8. The summed E-state index contributed by atoms with van der Waals surface area (Å²) in [5.74, 6) is 4.15. The maximum absolute atomic E-state index is 12.3. The standard InChI is InChI=1S/C15H18N8O.C12H14AtN3O.C11H15N/c1-10-17-14(21-19-10)11-5-4-6-12(7-11)18-15(24)22(2)8-13-20-16-9-23(13)3;1-4-11-14-12(17-15-11)9-6-5-8(2)10(7-9)16(3)13;1-12-8-7-11(9-12)10-5-3-2-4-6-10/h4-7,9H,8H2,1-3H3,(H,18,24)(H,17,19,21);5-7H,4H2,1-3H3;2-6,11H,7-9H2,1H3. The Bertz CT molecular complexity index is 2060. The van der Waals surface area contributed by atoms with Gasteiger partial charge in [-0.2, -0.15) is 5.10 Å². The van der Waals surface area contributed by atoms with Crippen LogP contribution < -0.4 is 8.16 Å². The van der Waals surface area contributed by atoms with Crippen LogP contribution in [-0.2, 0) is 20.0 Å². The number of amides is 2. The van der Waals surface area contributed by atoms with Crippen molar-refractivity contribution in [2.75, 3.05) is 42.4 Å². The van der Waals surface area contributed by atoms with E-state index < -0.39 is 0 Å². The SMILES string of the molecule is CCc1noc(-c2ccc(C)c(N(C)[At])c2)n1.CN1CCC(c2ccccc2)C1.Cc1nc(-c2cccc(NC(=O)N(C)Cc3nncn3C)c2)n[nH]1. The van der Waals surface area contributed by atoms with E-state index in [-0.39, 0.29) is 6.03 Å². The molecule has 278 valence electrons. The Labute approximate surface area is 326 Å². The second-order valence-corrected chi connectivity index (χ2v) is 14.9.